The largest absolute Gasteiger partial charge is 0.315 e. The Balaban J connectivity index is 1.67. The maximum atomic E-state index is 13.2. The summed E-state index contributed by atoms with van der Waals surface area (Å²) < 4.78 is 0. The van der Waals surface area contributed by atoms with Crippen molar-refractivity contribution in [3.63, 3.8) is 0 Å². The highest BCUT2D eigenvalue weighted by Crippen LogP contribution is 2.28. The van der Waals surface area contributed by atoms with Crippen LogP contribution >= 0.6 is 11.6 Å². The molecule has 1 saturated heterocycles. The Kier molecular flexibility index (Phi) is 4.59. The number of anilines is 1. The maximum absolute atomic E-state index is 13.2. The number of halogens is 1. The average Bonchev–Trinajstić information content (AvgIpc) is 3.38. The molecule has 0 aliphatic carbocycles. The van der Waals surface area contributed by atoms with Gasteiger partial charge in [-0.25, -0.2) is 4.98 Å². The third-order valence-corrected chi connectivity index (χ3v) is 4.62. The van der Waals surface area contributed by atoms with Crippen molar-refractivity contribution in [2.45, 2.75) is 12.5 Å². The Bertz CT molecular complexity index is 892. The zero-order chi connectivity index (χ0) is 17.9. The molecule has 2 aromatic heterocycles. The van der Waals surface area contributed by atoms with E-state index in [1.165, 1.54) is 0 Å². The van der Waals surface area contributed by atoms with Gasteiger partial charge in [0.05, 0.1) is 11.1 Å². The van der Waals surface area contributed by atoms with Crippen LogP contribution in [0.3, 0.4) is 0 Å². The molecule has 0 spiro atoms. The lowest BCUT2D eigenvalue weighted by Gasteiger charge is -2.28. The number of pyridine rings is 1. The third-order valence-electron chi connectivity index (χ3n) is 4.32. The Hall–Kier alpha value is -2.84. The Labute approximate surface area is 154 Å². The fraction of sp³-hybridized carbons (Fsp3) is 0.235. The number of benzene rings is 1. The molecule has 0 saturated carbocycles. The summed E-state index contributed by atoms with van der Waals surface area (Å²) in [4.78, 5) is 19.3. The molecule has 1 fully saturated rings. The van der Waals surface area contributed by atoms with Crippen LogP contribution in [0, 0.1) is 0 Å². The van der Waals surface area contributed by atoms with E-state index >= 15 is 0 Å². The van der Waals surface area contributed by atoms with Crippen molar-refractivity contribution < 1.29 is 4.79 Å². The molecule has 1 amide bonds. The van der Waals surface area contributed by atoms with E-state index in [2.05, 4.69) is 30.9 Å². The molecule has 1 aromatic carbocycles. The van der Waals surface area contributed by atoms with Gasteiger partial charge in [0, 0.05) is 23.9 Å². The second-order valence-corrected chi connectivity index (χ2v) is 6.35. The molecule has 26 heavy (non-hydrogen) atoms. The highest BCUT2D eigenvalue weighted by molar-refractivity contribution is 6.33. The highest BCUT2D eigenvalue weighted by atomic mass is 35.5. The van der Waals surface area contributed by atoms with Gasteiger partial charge < -0.3 is 5.32 Å². The summed E-state index contributed by atoms with van der Waals surface area (Å²) in [6.07, 6.45) is 2.49. The van der Waals surface area contributed by atoms with E-state index in [9.17, 15) is 4.79 Å². The first-order valence-electron chi connectivity index (χ1n) is 8.23. The van der Waals surface area contributed by atoms with Crippen LogP contribution in [-0.2, 0) is 0 Å². The summed E-state index contributed by atoms with van der Waals surface area (Å²) >= 11 is 6.32. The second-order valence-electron chi connectivity index (χ2n) is 5.94. The average molecular weight is 370 g/mol. The van der Waals surface area contributed by atoms with E-state index in [0.717, 1.165) is 18.5 Å². The molecule has 3 heterocycles. The van der Waals surface area contributed by atoms with Gasteiger partial charge in [-0.2, -0.15) is 5.21 Å². The molecule has 4 rings (SSSR count). The number of tetrazole rings is 1. The van der Waals surface area contributed by atoms with Gasteiger partial charge in [0.2, 0.25) is 5.82 Å². The second kappa shape index (κ2) is 7.19. The van der Waals surface area contributed by atoms with Crippen LogP contribution < -0.4 is 10.2 Å². The van der Waals surface area contributed by atoms with Crippen LogP contribution in [0.25, 0.3) is 11.4 Å². The third kappa shape index (κ3) is 3.16. The smallest absolute Gasteiger partial charge is 0.259 e. The standard InChI is InChI=1S/C17H16ClN7O/c18-14-2-1-8-20-16(14)25(13-7-9-19-10-13)17(26)12-5-3-11(4-6-12)15-21-23-24-22-15/h1-6,8,13,19H,7,9-10H2,(H,21,22,23,24)/t13-/m0/s1. The normalized spacial score (nSPS) is 16.6. The number of H-pyrrole nitrogens is 1. The summed E-state index contributed by atoms with van der Waals surface area (Å²) in [5.74, 6) is 0.822. The van der Waals surface area contributed by atoms with Crippen LogP contribution in [-0.4, -0.2) is 50.6 Å². The first kappa shape index (κ1) is 16.6. The molecule has 9 heteroatoms. The van der Waals surface area contributed by atoms with Gasteiger partial charge >= 0.3 is 0 Å². The van der Waals surface area contributed by atoms with Gasteiger partial charge in [0.25, 0.3) is 5.91 Å². The summed E-state index contributed by atoms with van der Waals surface area (Å²) in [5, 5.41) is 17.6. The molecule has 0 unspecified atom stereocenters. The van der Waals surface area contributed by atoms with Crippen LogP contribution in [0.15, 0.2) is 42.6 Å². The lowest BCUT2D eigenvalue weighted by atomic mass is 10.1. The quantitative estimate of drug-likeness (QED) is 0.728. The predicted octanol–water partition coefficient (Wildman–Crippen LogP) is 1.92. The zero-order valence-corrected chi connectivity index (χ0v) is 14.5. The molecule has 0 bridgehead atoms. The molecule has 3 aromatic rings. The van der Waals surface area contributed by atoms with Gasteiger partial charge in [0.1, 0.15) is 0 Å². The summed E-state index contributed by atoms with van der Waals surface area (Å²) in [5.41, 5.74) is 1.33. The van der Waals surface area contributed by atoms with Gasteiger partial charge in [-0.3, -0.25) is 9.69 Å². The monoisotopic (exact) mass is 369 g/mol. The van der Waals surface area contributed by atoms with E-state index in [1.807, 2.05) is 0 Å². The summed E-state index contributed by atoms with van der Waals surface area (Å²) in [6, 6.07) is 10.6. The van der Waals surface area contributed by atoms with Gasteiger partial charge in [0.15, 0.2) is 5.82 Å². The number of hydrogen-bond acceptors (Lipinski definition) is 6. The number of carbonyl (C=O) groups excluding carboxylic acids is 1. The topological polar surface area (TPSA) is 99.7 Å². The number of nitrogens with one attached hydrogen (secondary N) is 2. The maximum Gasteiger partial charge on any atom is 0.259 e. The van der Waals surface area contributed by atoms with E-state index < -0.39 is 0 Å². The number of amides is 1. The summed E-state index contributed by atoms with van der Waals surface area (Å²) in [7, 11) is 0. The Morgan fingerprint density at radius 1 is 1.23 bits per heavy atom. The van der Waals surface area contributed by atoms with E-state index in [1.54, 1.807) is 47.5 Å². The number of nitrogens with zero attached hydrogens (tertiary/aromatic N) is 5. The molecule has 2 N–H and O–H groups in total. The minimum Gasteiger partial charge on any atom is -0.315 e. The molecule has 132 valence electrons. The molecule has 8 nitrogen and oxygen atoms in total. The number of aromatic nitrogens is 5. The molecule has 1 aliphatic heterocycles. The number of rotatable bonds is 4. The Morgan fingerprint density at radius 2 is 2.08 bits per heavy atom. The predicted molar refractivity (Wildman–Crippen MR) is 96.9 cm³/mol. The van der Waals surface area contributed by atoms with Crippen LogP contribution in [0.1, 0.15) is 16.8 Å². The van der Waals surface area contributed by atoms with Crippen molar-refractivity contribution in [3.8, 4) is 11.4 Å². The number of carbonyl (C=O) groups is 1. The van der Waals surface area contributed by atoms with Crippen molar-refractivity contribution in [2.75, 3.05) is 18.0 Å². The number of hydrogen-bond donors (Lipinski definition) is 2. The fourth-order valence-electron chi connectivity index (χ4n) is 3.03. The number of aromatic amines is 1. The van der Waals surface area contributed by atoms with Gasteiger partial charge in [-0.1, -0.05) is 23.7 Å². The van der Waals surface area contributed by atoms with Crippen molar-refractivity contribution >= 4 is 23.3 Å². The van der Waals surface area contributed by atoms with E-state index in [4.69, 9.17) is 11.6 Å². The highest BCUT2D eigenvalue weighted by Gasteiger charge is 2.31. The minimum atomic E-state index is -0.140. The molecule has 0 radical (unpaired) electrons. The first-order chi connectivity index (χ1) is 12.7. The molecular formula is C17H16ClN7O. The molecule has 1 atom stereocenters. The van der Waals surface area contributed by atoms with Crippen molar-refractivity contribution in [3.05, 3.63) is 53.2 Å². The van der Waals surface area contributed by atoms with E-state index in [0.29, 0.717) is 28.8 Å². The van der Waals surface area contributed by atoms with E-state index in [-0.39, 0.29) is 11.9 Å². The fourth-order valence-corrected chi connectivity index (χ4v) is 3.25. The van der Waals surface area contributed by atoms with Crippen LogP contribution in [0.4, 0.5) is 5.82 Å². The van der Waals surface area contributed by atoms with Gasteiger partial charge in [-0.15, -0.1) is 10.2 Å². The van der Waals surface area contributed by atoms with Crippen molar-refractivity contribution in [1.82, 2.24) is 30.9 Å². The van der Waals surface area contributed by atoms with Crippen molar-refractivity contribution in [2.24, 2.45) is 0 Å². The summed E-state index contributed by atoms with van der Waals surface area (Å²) in [6.45, 7) is 1.56. The van der Waals surface area contributed by atoms with Crippen molar-refractivity contribution in [1.29, 1.82) is 0 Å². The van der Waals surface area contributed by atoms with Crippen LogP contribution in [0.2, 0.25) is 5.02 Å². The SMILES string of the molecule is O=C(c1ccc(-c2nn[nH]n2)cc1)N(c1ncccc1Cl)[C@H]1CCNC1. The molecular weight excluding hydrogens is 354 g/mol. The zero-order valence-electron chi connectivity index (χ0n) is 13.8. The minimum absolute atomic E-state index is 0.00628. The van der Waals surface area contributed by atoms with Crippen LogP contribution in [0.5, 0.6) is 0 Å². The Morgan fingerprint density at radius 3 is 2.73 bits per heavy atom. The first-order valence-corrected chi connectivity index (χ1v) is 8.60. The lowest BCUT2D eigenvalue weighted by Crippen LogP contribution is -2.42. The lowest BCUT2D eigenvalue weighted by molar-refractivity contribution is 0.0977. The van der Waals surface area contributed by atoms with Gasteiger partial charge in [-0.05, 0) is 42.4 Å². The molecule has 1 aliphatic rings.